The maximum absolute atomic E-state index is 13.6. The van der Waals surface area contributed by atoms with E-state index in [0.29, 0.717) is 27.1 Å². The van der Waals surface area contributed by atoms with Crippen molar-refractivity contribution in [3.05, 3.63) is 68.7 Å². The first kappa shape index (κ1) is 21.6. The van der Waals surface area contributed by atoms with Crippen LogP contribution in [0.1, 0.15) is 23.5 Å². The van der Waals surface area contributed by atoms with Crippen LogP contribution in [0.15, 0.2) is 53.0 Å². The average Bonchev–Trinajstić information content (AvgIpc) is 3.32. The molecule has 2 aromatic heterocycles. The molecule has 0 unspecified atom stereocenters. The minimum Gasteiger partial charge on any atom is -0.296 e. The summed E-state index contributed by atoms with van der Waals surface area (Å²) in [7, 11) is 0. The van der Waals surface area contributed by atoms with Crippen molar-refractivity contribution in [1.82, 2.24) is 19.7 Å². The second kappa shape index (κ2) is 7.67. The van der Waals surface area contributed by atoms with Gasteiger partial charge in [-0.3, -0.25) is 4.57 Å². The Hall–Kier alpha value is -2.23. The van der Waals surface area contributed by atoms with Crippen LogP contribution in [0, 0.1) is 6.92 Å². The van der Waals surface area contributed by atoms with Crippen LogP contribution < -0.4 is 0 Å². The fourth-order valence-electron chi connectivity index (χ4n) is 3.69. The van der Waals surface area contributed by atoms with Gasteiger partial charge in [0.25, 0.3) is 0 Å². The molecular weight excluding hydrogens is 525 g/mol. The molecule has 10 heteroatoms. The molecule has 0 radical (unpaired) electrons. The summed E-state index contributed by atoms with van der Waals surface area (Å²) in [6, 6.07) is 15.0. The Labute approximate surface area is 199 Å². The summed E-state index contributed by atoms with van der Waals surface area (Å²) in [4.78, 5) is 4.78. The Morgan fingerprint density at radius 1 is 1.06 bits per heavy atom. The number of aromatic nitrogens is 4. The van der Waals surface area contributed by atoms with Gasteiger partial charge in [0.2, 0.25) is 0 Å². The van der Waals surface area contributed by atoms with Crippen LogP contribution >= 0.6 is 38.9 Å². The van der Waals surface area contributed by atoms with E-state index in [0.717, 1.165) is 27.2 Å². The van der Waals surface area contributed by atoms with E-state index < -0.39 is 11.6 Å². The van der Waals surface area contributed by atoms with Crippen molar-refractivity contribution >= 4 is 38.9 Å². The molecule has 2 heterocycles. The van der Waals surface area contributed by atoms with E-state index >= 15 is 0 Å². The first-order chi connectivity index (χ1) is 15.2. The van der Waals surface area contributed by atoms with Crippen molar-refractivity contribution < 1.29 is 13.2 Å². The first-order valence-corrected chi connectivity index (χ1v) is 11.7. The smallest absolute Gasteiger partial charge is 0.296 e. The van der Waals surface area contributed by atoms with Crippen LogP contribution in [-0.2, 0) is 5.41 Å². The Bertz CT molecular complexity index is 1310. The number of hydrogen-bond donors (Lipinski definition) is 0. The summed E-state index contributed by atoms with van der Waals surface area (Å²) >= 11 is 10.9. The predicted molar refractivity (Wildman–Crippen MR) is 122 cm³/mol. The third-order valence-corrected chi connectivity index (χ3v) is 7.63. The van der Waals surface area contributed by atoms with Gasteiger partial charge in [0.15, 0.2) is 5.01 Å². The van der Waals surface area contributed by atoms with Crippen LogP contribution in [0.4, 0.5) is 13.2 Å². The van der Waals surface area contributed by atoms with Crippen molar-refractivity contribution in [3.8, 4) is 27.8 Å². The normalized spacial score (nSPS) is 15.2. The van der Waals surface area contributed by atoms with Crippen molar-refractivity contribution in [2.24, 2.45) is 0 Å². The number of halogens is 5. The van der Waals surface area contributed by atoms with E-state index in [1.807, 2.05) is 54.0 Å². The molecule has 32 heavy (non-hydrogen) atoms. The largest absolute Gasteiger partial charge is 0.400 e. The third kappa shape index (κ3) is 3.47. The number of imidazole rings is 1. The Morgan fingerprint density at radius 2 is 1.75 bits per heavy atom. The number of nitrogens with zero attached hydrogens (tertiary/aromatic N) is 4. The van der Waals surface area contributed by atoms with Gasteiger partial charge in [-0.15, -0.1) is 10.2 Å². The zero-order valence-corrected chi connectivity index (χ0v) is 19.8. The fourth-order valence-corrected chi connectivity index (χ4v) is 5.33. The molecule has 1 aliphatic rings. The van der Waals surface area contributed by atoms with Crippen LogP contribution in [0.3, 0.4) is 0 Å². The van der Waals surface area contributed by atoms with E-state index in [1.165, 1.54) is 0 Å². The number of hydrogen-bond acceptors (Lipinski definition) is 4. The molecule has 0 N–H and O–H groups in total. The van der Waals surface area contributed by atoms with Crippen molar-refractivity contribution in [3.63, 3.8) is 0 Å². The molecule has 4 aromatic rings. The van der Waals surface area contributed by atoms with Crippen LogP contribution in [0.2, 0.25) is 5.02 Å². The average molecular weight is 540 g/mol. The highest BCUT2D eigenvalue weighted by molar-refractivity contribution is 9.10. The van der Waals surface area contributed by atoms with Gasteiger partial charge in [-0.25, -0.2) is 4.98 Å². The molecule has 0 aliphatic heterocycles. The van der Waals surface area contributed by atoms with Crippen molar-refractivity contribution in [2.45, 2.75) is 31.4 Å². The maximum Gasteiger partial charge on any atom is 0.400 e. The summed E-state index contributed by atoms with van der Waals surface area (Å²) in [5.41, 5.74) is 0.922. The van der Waals surface area contributed by atoms with Gasteiger partial charge in [-0.2, -0.15) is 13.2 Å². The maximum atomic E-state index is 13.6. The topological polar surface area (TPSA) is 43.6 Å². The van der Waals surface area contributed by atoms with Gasteiger partial charge in [0, 0.05) is 15.7 Å². The number of rotatable bonds is 4. The van der Waals surface area contributed by atoms with E-state index in [2.05, 4.69) is 26.1 Å². The second-order valence-corrected chi connectivity index (χ2v) is 9.95. The first-order valence-electron chi connectivity index (χ1n) is 9.72. The lowest BCUT2D eigenvalue weighted by Gasteiger charge is -2.15. The lowest BCUT2D eigenvalue weighted by molar-refractivity contribution is -0.160. The molecule has 4 nitrogen and oxygen atoms in total. The summed E-state index contributed by atoms with van der Waals surface area (Å²) in [6.07, 6.45) is -4.25. The third-order valence-electron chi connectivity index (χ3n) is 5.64. The zero-order chi connectivity index (χ0) is 22.7. The van der Waals surface area contributed by atoms with Crippen LogP contribution in [-0.4, -0.2) is 25.9 Å². The number of alkyl halides is 3. The molecule has 1 saturated carbocycles. The molecule has 2 aromatic carbocycles. The van der Waals surface area contributed by atoms with Crippen molar-refractivity contribution in [2.75, 3.05) is 0 Å². The summed E-state index contributed by atoms with van der Waals surface area (Å²) in [6.45, 7) is 1.86. The highest BCUT2D eigenvalue weighted by atomic mass is 79.9. The van der Waals surface area contributed by atoms with Gasteiger partial charge in [0.05, 0.1) is 10.7 Å². The molecule has 0 saturated heterocycles. The van der Waals surface area contributed by atoms with Crippen LogP contribution in [0.5, 0.6) is 0 Å². The standard InChI is InChI=1S/C22H15BrClF3N4S/c1-12-17(19-29-30-20(32-19)21(10-11-21)22(25,26)27)28-18(15-4-2-3-5-16(15)24)31(12)14-8-6-13(23)7-9-14/h2-9H,10-11H2,1H3. The molecular formula is C22H15BrClF3N4S. The second-order valence-electron chi connectivity index (χ2n) is 7.65. The quantitative estimate of drug-likeness (QED) is 0.272. The van der Waals surface area contributed by atoms with E-state index in [4.69, 9.17) is 16.6 Å². The van der Waals surface area contributed by atoms with Crippen molar-refractivity contribution in [1.29, 1.82) is 0 Å². The van der Waals surface area contributed by atoms with Gasteiger partial charge < -0.3 is 0 Å². The molecule has 0 bridgehead atoms. The minimum absolute atomic E-state index is 0.00288. The number of benzene rings is 2. The Morgan fingerprint density at radius 3 is 2.38 bits per heavy atom. The molecule has 0 atom stereocenters. The lowest BCUT2D eigenvalue weighted by Crippen LogP contribution is -2.28. The predicted octanol–water partition coefficient (Wildman–Crippen LogP) is 7.38. The van der Waals surface area contributed by atoms with Gasteiger partial charge >= 0.3 is 6.18 Å². The van der Waals surface area contributed by atoms with E-state index in [1.54, 1.807) is 6.07 Å². The summed E-state index contributed by atoms with van der Waals surface area (Å²) in [5, 5.41) is 8.89. The Kier molecular flexibility index (Phi) is 5.18. The summed E-state index contributed by atoms with van der Waals surface area (Å²) < 4.78 is 43.5. The monoisotopic (exact) mass is 538 g/mol. The van der Waals surface area contributed by atoms with Gasteiger partial charge in [-0.1, -0.05) is 51.0 Å². The Balaban J connectivity index is 1.68. The van der Waals surface area contributed by atoms with E-state index in [-0.39, 0.29) is 17.8 Å². The molecule has 1 aliphatic carbocycles. The molecule has 1 fully saturated rings. The minimum atomic E-state index is -4.33. The molecule has 5 rings (SSSR count). The highest BCUT2D eigenvalue weighted by Gasteiger charge is 2.66. The van der Waals surface area contributed by atoms with E-state index in [9.17, 15) is 13.2 Å². The molecule has 0 amide bonds. The molecule has 164 valence electrons. The lowest BCUT2D eigenvalue weighted by atomic mass is 10.1. The van der Waals surface area contributed by atoms with Gasteiger partial charge in [-0.05, 0) is 56.2 Å². The SMILES string of the molecule is Cc1c(-c2nnc(C3(C(F)(F)F)CC3)s2)nc(-c2ccccc2Cl)n1-c1ccc(Br)cc1. The van der Waals surface area contributed by atoms with Gasteiger partial charge in [0.1, 0.15) is 21.9 Å². The zero-order valence-electron chi connectivity index (χ0n) is 16.6. The van der Waals surface area contributed by atoms with Crippen LogP contribution in [0.25, 0.3) is 27.8 Å². The fraction of sp³-hybridized carbons (Fsp3) is 0.227. The highest BCUT2D eigenvalue weighted by Crippen LogP contribution is 2.59. The summed E-state index contributed by atoms with van der Waals surface area (Å²) in [5.74, 6) is 0.583. The molecule has 0 spiro atoms.